The van der Waals surface area contributed by atoms with Crippen LogP contribution in [0.15, 0.2) is 23.3 Å². The molecular formula is C33H58N2O. The van der Waals surface area contributed by atoms with E-state index in [1.165, 1.54) is 44.9 Å². The van der Waals surface area contributed by atoms with Gasteiger partial charge in [-0.3, -0.25) is 0 Å². The van der Waals surface area contributed by atoms with Gasteiger partial charge in [0.25, 0.3) is 0 Å². The molecule has 0 aromatic rings. The fraction of sp³-hybridized carbons (Fsp3) is 0.879. The molecule has 9 atom stereocenters. The summed E-state index contributed by atoms with van der Waals surface area (Å²) in [5.74, 6) is 4.44. The molecule has 0 aromatic heterocycles. The van der Waals surface area contributed by atoms with Crippen LogP contribution in [0.4, 0.5) is 0 Å². The summed E-state index contributed by atoms with van der Waals surface area (Å²) in [4.78, 5) is 4.58. The first-order valence-electron chi connectivity index (χ1n) is 15.3. The van der Waals surface area contributed by atoms with Crippen molar-refractivity contribution in [3.8, 4) is 0 Å². The van der Waals surface area contributed by atoms with Gasteiger partial charge in [0.05, 0.1) is 6.10 Å². The van der Waals surface area contributed by atoms with Gasteiger partial charge in [-0.1, -0.05) is 57.9 Å². The van der Waals surface area contributed by atoms with Crippen molar-refractivity contribution in [2.24, 2.45) is 46.3 Å². The van der Waals surface area contributed by atoms with E-state index in [1.54, 1.807) is 5.57 Å². The maximum Gasteiger partial charge on any atom is 0.0700 e. The van der Waals surface area contributed by atoms with Gasteiger partial charge in [0, 0.05) is 12.6 Å². The van der Waals surface area contributed by atoms with Crippen LogP contribution in [-0.4, -0.2) is 61.8 Å². The molecule has 4 aliphatic carbocycles. The number of nitrogens with zero attached hydrogens (tertiary/aromatic N) is 2. The van der Waals surface area contributed by atoms with E-state index in [1.807, 2.05) is 5.57 Å². The predicted molar refractivity (Wildman–Crippen MR) is 154 cm³/mol. The quantitative estimate of drug-likeness (QED) is 0.364. The van der Waals surface area contributed by atoms with Gasteiger partial charge in [0.15, 0.2) is 0 Å². The monoisotopic (exact) mass is 498 g/mol. The standard InChI is InChI=1S/C33H58N2O/c1-22(2)24(17-19-34(6)7)11-10-23(3)27-14-15-28-26-13-12-25-20-30(35(8)9)31(36)21-33(25,5)29(26)16-18-32(27,28)4/h11,13,22-23,25,27-31,36H,10,12,14-21H2,1-9H3/b24-11+/t23-,25+,27-,28+,29+,30+,31+,32-,33+/m1/s1. The maximum atomic E-state index is 11.1. The van der Waals surface area contributed by atoms with Crippen LogP contribution in [0.25, 0.3) is 0 Å². The molecule has 4 aliphatic rings. The fourth-order valence-corrected chi connectivity index (χ4v) is 9.54. The molecule has 1 N–H and O–H groups in total. The summed E-state index contributed by atoms with van der Waals surface area (Å²) in [5.41, 5.74) is 4.21. The summed E-state index contributed by atoms with van der Waals surface area (Å²) in [6.07, 6.45) is 16.5. The Morgan fingerprint density at radius 1 is 1.06 bits per heavy atom. The van der Waals surface area contributed by atoms with E-state index >= 15 is 0 Å². The van der Waals surface area contributed by atoms with Crippen molar-refractivity contribution in [1.29, 1.82) is 0 Å². The molecule has 0 amide bonds. The van der Waals surface area contributed by atoms with Crippen molar-refractivity contribution in [3.63, 3.8) is 0 Å². The zero-order chi connectivity index (χ0) is 26.4. The molecule has 36 heavy (non-hydrogen) atoms. The minimum atomic E-state index is -0.181. The summed E-state index contributed by atoms with van der Waals surface area (Å²) in [5, 5.41) is 11.1. The van der Waals surface area contributed by atoms with E-state index in [0.717, 1.165) is 43.1 Å². The lowest BCUT2D eigenvalue weighted by molar-refractivity contribution is -0.0821. The van der Waals surface area contributed by atoms with E-state index in [0.29, 0.717) is 23.3 Å². The molecule has 0 spiro atoms. The van der Waals surface area contributed by atoms with Crippen LogP contribution in [-0.2, 0) is 0 Å². The van der Waals surface area contributed by atoms with Gasteiger partial charge in [0.2, 0.25) is 0 Å². The molecule has 0 saturated heterocycles. The molecule has 206 valence electrons. The number of aliphatic hydroxyl groups excluding tert-OH is 1. The van der Waals surface area contributed by atoms with Crippen LogP contribution in [0.3, 0.4) is 0 Å². The Morgan fingerprint density at radius 3 is 2.39 bits per heavy atom. The average molecular weight is 499 g/mol. The lowest BCUT2D eigenvalue weighted by atomic mass is 9.47. The van der Waals surface area contributed by atoms with Gasteiger partial charge >= 0.3 is 0 Å². The Kier molecular flexibility index (Phi) is 8.55. The van der Waals surface area contributed by atoms with Gasteiger partial charge in [-0.2, -0.15) is 0 Å². The first-order chi connectivity index (χ1) is 16.9. The highest BCUT2D eigenvalue weighted by molar-refractivity contribution is 5.28. The molecule has 0 aromatic carbocycles. The molecule has 3 nitrogen and oxygen atoms in total. The van der Waals surface area contributed by atoms with Gasteiger partial charge in [-0.25, -0.2) is 0 Å². The fourth-order valence-electron chi connectivity index (χ4n) is 9.54. The van der Waals surface area contributed by atoms with Gasteiger partial charge < -0.3 is 14.9 Å². The largest absolute Gasteiger partial charge is 0.391 e. The zero-order valence-corrected chi connectivity index (χ0v) is 25.2. The van der Waals surface area contributed by atoms with Crippen LogP contribution < -0.4 is 0 Å². The Morgan fingerprint density at radius 2 is 1.75 bits per heavy atom. The Balaban J connectivity index is 1.49. The molecule has 4 rings (SSSR count). The van der Waals surface area contributed by atoms with E-state index in [2.05, 4.69) is 84.8 Å². The van der Waals surface area contributed by atoms with Crippen LogP contribution in [0.2, 0.25) is 0 Å². The summed E-state index contributed by atoms with van der Waals surface area (Å²) in [6.45, 7) is 13.7. The highest BCUT2D eigenvalue weighted by Crippen LogP contribution is 2.67. The summed E-state index contributed by atoms with van der Waals surface area (Å²) in [6, 6.07) is 0.324. The van der Waals surface area contributed by atoms with Crippen molar-refractivity contribution in [2.75, 3.05) is 34.7 Å². The average Bonchev–Trinajstić information content (AvgIpc) is 3.14. The topological polar surface area (TPSA) is 26.7 Å². The first kappa shape index (κ1) is 28.4. The smallest absolute Gasteiger partial charge is 0.0700 e. The van der Waals surface area contributed by atoms with E-state index < -0.39 is 0 Å². The van der Waals surface area contributed by atoms with Gasteiger partial charge in [-0.05, 0) is 132 Å². The number of allylic oxidation sites excluding steroid dienone is 3. The van der Waals surface area contributed by atoms with Crippen LogP contribution in [0, 0.1) is 46.3 Å². The lowest BCUT2D eigenvalue weighted by Crippen LogP contribution is -2.56. The van der Waals surface area contributed by atoms with E-state index in [9.17, 15) is 5.11 Å². The van der Waals surface area contributed by atoms with E-state index in [4.69, 9.17) is 0 Å². The van der Waals surface area contributed by atoms with Gasteiger partial charge in [-0.15, -0.1) is 0 Å². The second-order valence-corrected chi connectivity index (χ2v) is 14.7. The van der Waals surface area contributed by atoms with Gasteiger partial charge in [0.1, 0.15) is 0 Å². The number of hydrogen-bond donors (Lipinski definition) is 1. The molecule has 3 saturated carbocycles. The highest BCUT2D eigenvalue weighted by Gasteiger charge is 2.59. The minimum absolute atomic E-state index is 0.181. The number of rotatable bonds is 8. The number of aliphatic hydroxyl groups is 1. The van der Waals surface area contributed by atoms with Crippen LogP contribution in [0.5, 0.6) is 0 Å². The normalized spacial score (nSPS) is 41.8. The zero-order valence-electron chi connectivity index (χ0n) is 25.2. The Bertz CT molecular complexity index is 828. The SMILES string of the molecule is CC(C)/C(=C/C[C@@H](C)[C@H]1CC[C@H]2C3=CC[C@H]4C[C@H](N(C)C)[C@@H](O)C[C@]4(C)[C@H]3CC[C@]12C)CCN(C)C. The van der Waals surface area contributed by atoms with Crippen molar-refractivity contribution in [1.82, 2.24) is 9.80 Å². The van der Waals surface area contributed by atoms with Crippen molar-refractivity contribution in [3.05, 3.63) is 23.3 Å². The third kappa shape index (κ3) is 5.15. The second kappa shape index (κ2) is 10.9. The molecule has 0 unspecified atom stereocenters. The minimum Gasteiger partial charge on any atom is -0.391 e. The number of fused-ring (bicyclic) bond motifs is 5. The highest BCUT2D eigenvalue weighted by atomic mass is 16.3. The third-order valence-electron chi connectivity index (χ3n) is 11.9. The molecule has 3 fully saturated rings. The number of hydrogen-bond acceptors (Lipinski definition) is 3. The number of likely N-dealkylation sites (N-methyl/N-ethyl adjacent to an activating group) is 1. The van der Waals surface area contributed by atoms with Crippen LogP contribution >= 0.6 is 0 Å². The van der Waals surface area contributed by atoms with Crippen molar-refractivity contribution < 1.29 is 5.11 Å². The van der Waals surface area contributed by atoms with Crippen LogP contribution in [0.1, 0.15) is 92.4 Å². The molecule has 0 bridgehead atoms. The third-order valence-corrected chi connectivity index (χ3v) is 11.9. The summed E-state index contributed by atoms with van der Waals surface area (Å²) < 4.78 is 0. The summed E-state index contributed by atoms with van der Waals surface area (Å²) >= 11 is 0. The molecular weight excluding hydrogens is 440 g/mol. The predicted octanol–water partition coefficient (Wildman–Crippen LogP) is 7.03. The Labute approximate surface area is 223 Å². The van der Waals surface area contributed by atoms with Crippen molar-refractivity contribution in [2.45, 2.75) is 105 Å². The van der Waals surface area contributed by atoms with Crippen molar-refractivity contribution >= 4 is 0 Å². The Hall–Kier alpha value is -0.640. The molecule has 0 aliphatic heterocycles. The summed E-state index contributed by atoms with van der Waals surface area (Å²) in [7, 11) is 8.67. The molecule has 3 heteroatoms. The van der Waals surface area contributed by atoms with E-state index in [-0.39, 0.29) is 11.5 Å². The molecule has 0 heterocycles. The molecule has 0 radical (unpaired) electrons. The lowest BCUT2D eigenvalue weighted by Gasteiger charge is -2.59. The maximum absolute atomic E-state index is 11.1. The second-order valence-electron chi connectivity index (χ2n) is 14.7. The first-order valence-corrected chi connectivity index (χ1v) is 15.3.